The number of nitrogens with zero attached hydrogens (tertiary/aromatic N) is 2. The van der Waals surface area contributed by atoms with Crippen molar-refractivity contribution in [1.29, 1.82) is 0 Å². The molecular formula is C18H13F3N2. The molecule has 3 aromatic rings. The van der Waals surface area contributed by atoms with Crippen LogP contribution in [0.5, 0.6) is 0 Å². The summed E-state index contributed by atoms with van der Waals surface area (Å²) in [6.07, 6.45) is -4.53. The van der Waals surface area contributed by atoms with Gasteiger partial charge in [0.1, 0.15) is 0 Å². The minimum atomic E-state index is -4.53. The number of fused-ring (bicyclic) bond motifs is 2. The third kappa shape index (κ3) is 1.86. The fraction of sp³-hybridized carbons (Fsp3) is 0.167. The van der Waals surface area contributed by atoms with Crippen molar-refractivity contribution in [2.45, 2.75) is 20.0 Å². The number of aromatic nitrogens is 1. The van der Waals surface area contributed by atoms with Gasteiger partial charge in [-0.25, -0.2) is 4.99 Å². The number of benzene rings is 2. The van der Waals surface area contributed by atoms with Gasteiger partial charge in [-0.05, 0) is 25.5 Å². The summed E-state index contributed by atoms with van der Waals surface area (Å²) in [5.74, 6) is -0.884. The van der Waals surface area contributed by atoms with Crippen molar-refractivity contribution in [1.82, 2.24) is 4.57 Å². The monoisotopic (exact) mass is 314 g/mol. The van der Waals surface area contributed by atoms with Gasteiger partial charge in [0.2, 0.25) is 5.84 Å². The van der Waals surface area contributed by atoms with Gasteiger partial charge in [0.05, 0.1) is 11.2 Å². The average molecular weight is 314 g/mol. The van der Waals surface area contributed by atoms with Gasteiger partial charge in [0.25, 0.3) is 0 Å². The van der Waals surface area contributed by atoms with Crippen LogP contribution in [0.2, 0.25) is 0 Å². The zero-order valence-corrected chi connectivity index (χ0v) is 12.6. The molecule has 0 atom stereocenters. The number of hydrogen-bond acceptors (Lipinski definition) is 1. The summed E-state index contributed by atoms with van der Waals surface area (Å²) < 4.78 is 42.3. The van der Waals surface area contributed by atoms with E-state index in [2.05, 4.69) is 4.99 Å². The fourth-order valence-corrected chi connectivity index (χ4v) is 3.25. The highest BCUT2D eigenvalue weighted by atomic mass is 19.4. The van der Waals surface area contributed by atoms with E-state index in [4.69, 9.17) is 0 Å². The molecule has 0 unspecified atom stereocenters. The Morgan fingerprint density at radius 2 is 1.61 bits per heavy atom. The molecule has 1 aromatic heterocycles. The summed E-state index contributed by atoms with van der Waals surface area (Å²) in [6, 6.07) is 12.5. The van der Waals surface area contributed by atoms with E-state index in [0.29, 0.717) is 16.9 Å². The summed E-state index contributed by atoms with van der Waals surface area (Å²) in [4.78, 5) is 3.98. The minimum absolute atomic E-state index is 0.341. The molecule has 1 aliphatic heterocycles. The van der Waals surface area contributed by atoms with Gasteiger partial charge in [-0.1, -0.05) is 36.4 Å². The Hall–Kier alpha value is -2.56. The number of rotatable bonds is 0. The van der Waals surface area contributed by atoms with Crippen LogP contribution in [0.25, 0.3) is 22.0 Å². The van der Waals surface area contributed by atoms with Crippen molar-refractivity contribution in [3.63, 3.8) is 0 Å². The molecule has 0 saturated heterocycles. The lowest BCUT2D eigenvalue weighted by Gasteiger charge is -2.14. The Morgan fingerprint density at radius 3 is 2.35 bits per heavy atom. The second-order valence-corrected chi connectivity index (χ2v) is 5.70. The molecule has 23 heavy (non-hydrogen) atoms. The number of aliphatic imine (C=N–C) groups is 1. The Labute approximate surface area is 130 Å². The first-order valence-corrected chi connectivity index (χ1v) is 7.26. The van der Waals surface area contributed by atoms with Crippen LogP contribution < -0.4 is 0 Å². The highest BCUT2D eigenvalue weighted by Gasteiger charge is 2.40. The van der Waals surface area contributed by atoms with Crippen molar-refractivity contribution in [3.05, 3.63) is 53.7 Å². The molecule has 0 N–H and O–H groups in total. The molecule has 0 saturated carbocycles. The molecule has 0 aliphatic carbocycles. The van der Waals surface area contributed by atoms with E-state index >= 15 is 0 Å². The SMILES string of the molecule is Cc1c(C)n2c3c(cccc13)-c1ccccc1N=C2C(F)(F)F. The minimum Gasteiger partial charge on any atom is -0.293 e. The number of para-hydroxylation sites is 2. The third-order valence-corrected chi connectivity index (χ3v) is 4.43. The van der Waals surface area contributed by atoms with Gasteiger partial charge in [0, 0.05) is 22.2 Å². The van der Waals surface area contributed by atoms with Crippen LogP contribution in [-0.2, 0) is 0 Å². The first-order valence-electron chi connectivity index (χ1n) is 7.26. The van der Waals surface area contributed by atoms with Crippen molar-refractivity contribution in [2.24, 2.45) is 4.99 Å². The van der Waals surface area contributed by atoms with Crippen molar-refractivity contribution in [3.8, 4) is 11.1 Å². The van der Waals surface area contributed by atoms with Crippen LogP contribution in [0.3, 0.4) is 0 Å². The lowest BCUT2D eigenvalue weighted by molar-refractivity contribution is -0.0613. The molecular weight excluding hydrogens is 301 g/mol. The van der Waals surface area contributed by atoms with Crippen LogP contribution in [0.1, 0.15) is 11.3 Å². The smallest absolute Gasteiger partial charge is 0.293 e. The van der Waals surface area contributed by atoms with Gasteiger partial charge < -0.3 is 0 Å². The maximum atomic E-state index is 13.7. The quantitative estimate of drug-likeness (QED) is 0.530. The Kier molecular flexibility index (Phi) is 2.73. The predicted molar refractivity (Wildman–Crippen MR) is 85.4 cm³/mol. The standard InChI is InChI=1S/C18H13F3N2/c1-10-11(2)23-16-12(10)7-5-8-14(16)13-6-3-4-9-15(13)22-17(23)18(19,20)21/h3-9H,1-2H3. The van der Waals surface area contributed by atoms with Crippen molar-refractivity contribution >= 4 is 22.4 Å². The van der Waals surface area contributed by atoms with E-state index in [-0.39, 0.29) is 0 Å². The molecule has 116 valence electrons. The molecule has 0 bridgehead atoms. The summed E-state index contributed by atoms with van der Waals surface area (Å²) >= 11 is 0. The molecule has 2 heterocycles. The first-order chi connectivity index (χ1) is 10.9. The highest BCUT2D eigenvalue weighted by Crippen LogP contribution is 2.42. The summed E-state index contributed by atoms with van der Waals surface area (Å²) in [7, 11) is 0. The van der Waals surface area contributed by atoms with Crippen molar-refractivity contribution in [2.75, 3.05) is 0 Å². The molecule has 2 aromatic carbocycles. The van der Waals surface area contributed by atoms with E-state index in [1.165, 1.54) is 4.57 Å². The largest absolute Gasteiger partial charge is 0.450 e. The van der Waals surface area contributed by atoms with E-state index in [9.17, 15) is 13.2 Å². The predicted octanol–water partition coefficient (Wildman–Crippen LogP) is 5.38. The maximum absolute atomic E-state index is 13.7. The molecule has 0 fully saturated rings. The van der Waals surface area contributed by atoms with E-state index in [1.807, 2.05) is 37.3 Å². The van der Waals surface area contributed by atoms with Crippen LogP contribution in [-0.4, -0.2) is 16.6 Å². The van der Waals surface area contributed by atoms with Crippen LogP contribution in [0.15, 0.2) is 47.5 Å². The second-order valence-electron chi connectivity index (χ2n) is 5.70. The molecule has 2 nitrogen and oxygen atoms in total. The highest BCUT2D eigenvalue weighted by molar-refractivity contribution is 6.10. The first kappa shape index (κ1) is 14.1. The number of aryl methyl sites for hydroxylation is 1. The van der Waals surface area contributed by atoms with Gasteiger partial charge in [0.15, 0.2) is 0 Å². The lowest BCUT2D eigenvalue weighted by atomic mass is 10.0. The number of hydrogen-bond donors (Lipinski definition) is 0. The zero-order valence-electron chi connectivity index (χ0n) is 12.6. The maximum Gasteiger partial charge on any atom is 0.450 e. The average Bonchev–Trinajstić information content (AvgIpc) is 2.69. The topological polar surface area (TPSA) is 17.3 Å². The summed E-state index contributed by atoms with van der Waals surface area (Å²) in [6.45, 7) is 3.55. The number of halogens is 3. The molecule has 5 heteroatoms. The second kappa shape index (κ2) is 4.47. The Balaban J connectivity index is 2.27. The van der Waals surface area contributed by atoms with Gasteiger partial charge >= 0.3 is 6.18 Å². The Morgan fingerprint density at radius 1 is 0.913 bits per heavy atom. The lowest BCUT2D eigenvalue weighted by Crippen LogP contribution is -2.30. The van der Waals surface area contributed by atoms with Gasteiger partial charge in [-0.2, -0.15) is 13.2 Å². The summed E-state index contributed by atoms with van der Waals surface area (Å²) in [5, 5.41) is 0.827. The fourth-order valence-electron chi connectivity index (χ4n) is 3.25. The number of alkyl halides is 3. The van der Waals surface area contributed by atoms with Crippen LogP contribution in [0, 0.1) is 13.8 Å². The van der Waals surface area contributed by atoms with Crippen LogP contribution >= 0.6 is 0 Å². The van der Waals surface area contributed by atoms with Crippen LogP contribution in [0.4, 0.5) is 18.9 Å². The summed E-state index contributed by atoms with van der Waals surface area (Å²) in [5.41, 5.74) is 3.82. The molecule has 1 aliphatic rings. The Bertz CT molecular complexity index is 978. The van der Waals surface area contributed by atoms with E-state index in [1.54, 1.807) is 19.1 Å². The van der Waals surface area contributed by atoms with E-state index < -0.39 is 12.0 Å². The normalized spacial score (nSPS) is 13.7. The van der Waals surface area contributed by atoms with Crippen molar-refractivity contribution < 1.29 is 13.2 Å². The molecule has 0 radical (unpaired) electrons. The molecule has 0 amide bonds. The van der Waals surface area contributed by atoms with Gasteiger partial charge in [-0.3, -0.25) is 4.57 Å². The zero-order chi connectivity index (χ0) is 16.4. The third-order valence-electron chi connectivity index (χ3n) is 4.43. The van der Waals surface area contributed by atoms with Gasteiger partial charge in [-0.15, -0.1) is 0 Å². The van der Waals surface area contributed by atoms with E-state index in [0.717, 1.165) is 22.1 Å². The molecule has 0 spiro atoms. The molecule has 4 rings (SSSR count).